The van der Waals surface area contributed by atoms with Crippen LogP contribution in [0.4, 0.5) is 4.39 Å². The number of nitrogens with one attached hydrogen (secondary N) is 2. The first-order chi connectivity index (χ1) is 14.3. The lowest BCUT2D eigenvalue weighted by Crippen LogP contribution is -2.51. The summed E-state index contributed by atoms with van der Waals surface area (Å²) in [6.07, 6.45) is 0.429. The zero-order valence-electron chi connectivity index (χ0n) is 16.6. The Hall–Kier alpha value is -3.46. The summed E-state index contributed by atoms with van der Waals surface area (Å²) in [4.78, 5) is 34.9. The van der Waals surface area contributed by atoms with Crippen LogP contribution in [-0.4, -0.2) is 36.0 Å². The number of ether oxygens (including phenoxy) is 1. The van der Waals surface area contributed by atoms with Crippen molar-refractivity contribution in [2.45, 2.75) is 25.8 Å². The van der Waals surface area contributed by atoms with Crippen molar-refractivity contribution in [1.29, 1.82) is 0 Å². The van der Waals surface area contributed by atoms with Crippen LogP contribution in [0.5, 0.6) is 5.75 Å². The molecule has 5 N–H and O–H groups in total. The third kappa shape index (κ3) is 5.54. The lowest BCUT2D eigenvalue weighted by molar-refractivity contribution is -0.144. The van der Waals surface area contributed by atoms with Gasteiger partial charge in [0.15, 0.2) is 0 Å². The van der Waals surface area contributed by atoms with E-state index in [4.69, 9.17) is 10.6 Å². The number of benzene rings is 2. The maximum atomic E-state index is 13.6. The van der Waals surface area contributed by atoms with Crippen LogP contribution in [0.3, 0.4) is 0 Å². The molecule has 2 aromatic carbocycles. The van der Waals surface area contributed by atoms with Gasteiger partial charge in [0.1, 0.15) is 11.6 Å². The minimum Gasteiger partial charge on any atom is -0.496 e. The molecule has 2 atom stereocenters. The van der Waals surface area contributed by atoms with E-state index in [0.717, 1.165) is 5.56 Å². The quantitative estimate of drug-likeness (QED) is 0.223. The number of hydrazine groups is 1. The first-order valence-corrected chi connectivity index (χ1v) is 9.27. The minimum atomic E-state index is -1.09. The molecule has 0 aliphatic carbocycles. The number of aliphatic carboxylic acids is 1. The lowest BCUT2D eigenvalue weighted by Gasteiger charge is -2.24. The number of carboxylic acids is 1. The van der Waals surface area contributed by atoms with Gasteiger partial charge in [-0.25, -0.2) is 10.2 Å². The Morgan fingerprint density at radius 1 is 1.13 bits per heavy atom. The molecule has 0 aromatic heterocycles. The molecular formula is C21H24FN3O5. The average Bonchev–Trinajstić information content (AvgIpc) is 2.73. The molecule has 0 aliphatic heterocycles. The van der Waals surface area contributed by atoms with Crippen molar-refractivity contribution in [3.8, 4) is 16.9 Å². The van der Waals surface area contributed by atoms with Gasteiger partial charge in [0, 0.05) is 11.6 Å². The van der Waals surface area contributed by atoms with Crippen molar-refractivity contribution < 1.29 is 28.6 Å². The molecule has 0 bridgehead atoms. The van der Waals surface area contributed by atoms with Gasteiger partial charge in [-0.05, 0) is 42.2 Å². The van der Waals surface area contributed by atoms with Crippen molar-refractivity contribution in [3.05, 3.63) is 53.8 Å². The van der Waals surface area contributed by atoms with Gasteiger partial charge in [-0.2, -0.15) is 0 Å². The van der Waals surface area contributed by atoms with Crippen molar-refractivity contribution in [2.75, 3.05) is 7.11 Å². The Bertz CT molecular complexity index is 917. The molecule has 30 heavy (non-hydrogen) atoms. The summed E-state index contributed by atoms with van der Waals surface area (Å²) >= 11 is 0. The number of carbonyl (C=O) groups is 3. The summed E-state index contributed by atoms with van der Waals surface area (Å²) in [6, 6.07) is 10.4. The summed E-state index contributed by atoms with van der Waals surface area (Å²) in [7, 11) is 1.49. The number of hydrogen-bond donors (Lipinski definition) is 4. The maximum Gasteiger partial charge on any atom is 0.323 e. The Kier molecular flexibility index (Phi) is 7.88. The third-order valence-electron chi connectivity index (χ3n) is 4.78. The zero-order valence-corrected chi connectivity index (χ0v) is 16.6. The second-order valence-electron chi connectivity index (χ2n) is 6.65. The Balaban J connectivity index is 2.28. The van der Waals surface area contributed by atoms with E-state index in [0.29, 0.717) is 16.9 Å². The van der Waals surface area contributed by atoms with E-state index in [9.17, 15) is 23.9 Å². The standard InChI is InChI=1S/C21H24FN3O5/c1-3-15(21(28)29)17(24-19(26)20(27)25-23)10-12-4-6-13(7-5-12)16-11-14(22)8-9-18(16)30-2/h4-9,11,15,17H,3,10,23H2,1-2H3,(H,24,26)(H,25,27)(H,28,29)/t15-,17?/m1/s1. The fourth-order valence-electron chi connectivity index (χ4n) is 3.20. The summed E-state index contributed by atoms with van der Waals surface area (Å²) in [5, 5.41) is 11.9. The van der Waals surface area contributed by atoms with E-state index < -0.39 is 35.6 Å². The number of amides is 2. The predicted molar refractivity (Wildman–Crippen MR) is 108 cm³/mol. The van der Waals surface area contributed by atoms with Crippen LogP contribution < -0.4 is 21.3 Å². The molecular weight excluding hydrogens is 393 g/mol. The summed E-state index contributed by atoms with van der Waals surface area (Å²) in [6.45, 7) is 1.68. The van der Waals surface area contributed by atoms with Gasteiger partial charge < -0.3 is 15.2 Å². The first kappa shape index (κ1) is 22.8. The van der Waals surface area contributed by atoms with E-state index in [1.807, 2.05) is 0 Å². The highest BCUT2D eigenvalue weighted by molar-refractivity contribution is 6.35. The molecule has 0 aliphatic rings. The lowest BCUT2D eigenvalue weighted by atomic mass is 9.90. The summed E-state index contributed by atoms with van der Waals surface area (Å²) in [5.41, 5.74) is 3.74. The molecule has 2 rings (SSSR count). The van der Waals surface area contributed by atoms with Crippen LogP contribution in [0, 0.1) is 11.7 Å². The summed E-state index contributed by atoms with van der Waals surface area (Å²) < 4.78 is 18.9. The maximum absolute atomic E-state index is 13.6. The van der Waals surface area contributed by atoms with Crippen LogP contribution in [0.2, 0.25) is 0 Å². The highest BCUT2D eigenvalue weighted by Crippen LogP contribution is 2.31. The van der Waals surface area contributed by atoms with E-state index in [1.165, 1.54) is 25.3 Å². The molecule has 1 unspecified atom stereocenters. The molecule has 0 spiro atoms. The second kappa shape index (κ2) is 10.4. The van der Waals surface area contributed by atoms with Gasteiger partial charge in [0.05, 0.1) is 13.0 Å². The highest BCUT2D eigenvalue weighted by atomic mass is 19.1. The Labute approximate surface area is 173 Å². The first-order valence-electron chi connectivity index (χ1n) is 9.27. The number of rotatable bonds is 8. The molecule has 9 heteroatoms. The number of hydrogen-bond acceptors (Lipinski definition) is 5. The van der Waals surface area contributed by atoms with Crippen LogP contribution in [0.25, 0.3) is 11.1 Å². The van der Waals surface area contributed by atoms with E-state index in [2.05, 4.69) is 5.32 Å². The van der Waals surface area contributed by atoms with Crippen molar-refractivity contribution in [1.82, 2.24) is 10.7 Å². The second-order valence-corrected chi connectivity index (χ2v) is 6.65. The van der Waals surface area contributed by atoms with Gasteiger partial charge in [0.25, 0.3) is 0 Å². The van der Waals surface area contributed by atoms with Gasteiger partial charge in [-0.3, -0.25) is 19.8 Å². The normalized spacial score (nSPS) is 12.5. The molecule has 0 saturated heterocycles. The Morgan fingerprint density at radius 2 is 1.80 bits per heavy atom. The van der Waals surface area contributed by atoms with Crippen LogP contribution in [0.15, 0.2) is 42.5 Å². The van der Waals surface area contributed by atoms with Crippen LogP contribution >= 0.6 is 0 Å². The Morgan fingerprint density at radius 3 is 2.33 bits per heavy atom. The van der Waals surface area contributed by atoms with Gasteiger partial charge >= 0.3 is 17.8 Å². The smallest absolute Gasteiger partial charge is 0.323 e. The fraction of sp³-hybridized carbons (Fsp3) is 0.286. The zero-order chi connectivity index (χ0) is 22.3. The highest BCUT2D eigenvalue weighted by Gasteiger charge is 2.29. The molecule has 0 radical (unpaired) electrons. The van der Waals surface area contributed by atoms with Crippen molar-refractivity contribution >= 4 is 17.8 Å². The number of methoxy groups -OCH3 is 1. The largest absolute Gasteiger partial charge is 0.496 e. The monoisotopic (exact) mass is 417 g/mol. The van der Waals surface area contributed by atoms with Gasteiger partial charge in [-0.1, -0.05) is 31.2 Å². The average molecular weight is 417 g/mol. The number of halogens is 1. The molecule has 2 amide bonds. The molecule has 0 saturated carbocycles. The number of carbonyl (C=O) groups excluding carboxylic acids is 2. The number of carboxylic acid groups (broad SMARTS) is 1. The molecule has 160 valence electrons. The number of nitrogens with two attached hydrogens (primary N) is 1. The van der Waals surface area contributed by atoms with Crippen LogP contribution in [0.1, 0.15) is 18.9 Å². The minimum absolute atomic E-state index is 0.176. The van der Waals surface area contributed by atoms with E-state index >= 15 is 0 Å². The molecule has 0 heterocycles. The van der Waals surface area contributed by atoms with Crippen LogP contribution in [-0.2, 0) is 20.8 Å². The van der Waals surface area contributed by atoms with Crippen molar-refractivity contribution in [3.63, 3.8) is 0 Å². The van der Waals surface area contributed by atoms with Gasteiger partial charge in [0.2, 0.25) is 0 Å². The molecule has 2 aromatic rings. The summed E-state index contributed by atoms with van der Waals surface area (Å²) in [5.74, 6) is 1.02. The third-order valence-corrected chi connectivity index (χ3v) is 4.78. The molecule has 8 nitrogen and oxygen atoms in total. The fourth-order valence-corrected chi connectivity index (χ4v) is 3.20. The topological polar surface area (TPSA) is 131 Å². The molecule has 0 fully saturated rings. The van der Waals surface area contributed by atoms with E-state index in [-0.39, 0.29) is 12.8 Å². The van der Waals surface area contributed by atoms with E-state index in [1.54, 1.807) is 36.6 Å². The van der Waals surface area contributed by atoms with Crippen molar-refractivity contribution in [2.24, 2.45) is 11.8 Å². The predicted octanol–water partition coefficient (Wildman–Crippen LogP) is 1.63. The van der Waals surface area contributed by atoms with Gasteiger partial charge in [-0.15, -0.1) is 0 Å². The SMILES string of the molecule is CC[C@@H](C(=O)O)C(Cc1ccc(-c2cc(F)ccc2OC)cc1)NC(=O)C(=O)NN.